The number of fused-ring (bicyclic) bond motifs is 1. The lowest BCUT2D eigenvalue weighted by Crippen LogP contribution is -2.34. The van der Waals surface area contributed by atoms with E-state index in [0.717, 1.165) is 25.9 Å². The van der Waals surface area contributed by atoms with Crippen molar-refractivity contribution in [2.45, 2.75) is 32.8 Å². The Kier molecular flexibility index (Phi) is 3.49. The Morgan fingerprint density at radius 3 is 2.88 bits per heavy atom. The minimum Gasteiger partial charge on any atom is -0.391 e. The summed E-state index contributed by atoms with van der Waals surface area (Å²) in [6, 6.07) is 8.51. The zero-order chi connectivity index (χ0) is 11.5. The van der Waals surface area contributed by atoms with Crippen LogP contribution in [0.2, 0.25) is 0 Å². The average Bonchev–Trinajstić information content (AvgIpc) is 2.72. The zero-order valence-corrected chi connectivity index (χ0v) is 10.2. The Balaban J connectivity index is 2.03. The predicted molar refractivity (Wildman–Crippen MR) is 67.8 cm³/mol. The van der Waals surface area contributed by atoms with Crippen molar-refractivity contribution >= 4 is 5.69 Å². The van der Waals surface area contributed by atoms with Crippen LogP contribution in [-0.2, 0) is 6.42 Å². The van der Waals surface area contributed by atoms with Gasteiger partial charge < -0.3 is 10.0 Å². The van der Waals surface area contributed by atoms with Crippen molar-refractivity contribution in [1.29, 1.82) is 0 Å². The monoisotopic (exact) mass is 219 g/mol. The summed E-state index contributed by atoms with van der Waals surface area (Å²) < 4.78 is 0. The van der Waals surface area contributed by atoms with E-state index in [1.807, 2.05) is 0 Å². The van der Waals surface area contributed by atoms with E-state index in [1.54, 1.807) is 0 Å². The van der Waals surface area contributed by atoms with E-state index in [0.29, 0.717) is 5.92 Å². The van der Waals surface area contributed by atoms with Crippen LogP contribution in [-0.4, -0.2) is 24.3 Å². The largest absolute Gasteiger partial charge is 0.391 e. The second-order valence-electron chi connectivity index (χ2n) is 4.78. The van der Waals surface area contributed by atoms with Crippen molar-refractivity contribution in [2.75, 3.05) is 18.0 Å². The van der Waals surface area contributed by atoms with Crippen molar-refractivity contribution < 1.29 is 5.11 Å². The molecule has 2 atom stereocenters. The summed E-state index contributed by atoms with van der Waals surface area (Å²) in [7, 11) is 0. The van der Waals surface area contributed by atoms with Gasteiger partial charge in [-0.15, -0.1) is 0 Å². The highest BCUT2D eigenvalue weighted by atomic mass is 16.3. The van der Waals surface area contributed by atoms with Gasteiger partial charge in [-0.05, 0) is 24.0 Å². The highest BCUT2D eigenvalue weighted by Gasteiger charge is 2.22. The van der Waals surface area contributed by atoms with Gasteiger partial charge in [-0.1, -0.05) is 38.5 Å². The van der Waals surface area contributed by atoms with Gasteiger partial charge in [0.25, 0.3) is 0 Å². The number of benzene rings is 1. The smallest absolute Gasteiger partial charge is 0.0740 e. The van der Waals surface area contributed by atoms with E-state index in [2.05, 4.69) is 43.0 Å². The molecule has 1 aromatic carbocycles. The number of hydrogen-bond acceptors (Lipinski definition) is 2. The number of para-hydroxylation sites is 1. The molecular weight excluding hydrogens is 198 g/mol. The van der Waals surface area contributed by atoms with E-state index in [-0.39, 0.29) is 6.10 Å². The predicted octanol–water partition coefficient (Wildman–Crippen LogP) is 2.46. The van der Waals surface area contributed by atoms with Crippen LogP contribution in [0.4, 0.5) is 5.69 Å². The Labute approximate surface area is 97.9 Å². The van der Waals surface area contributed by atoms with Gasteiger partial charge in [-0.3, -0.25) is 0 Å². The Morgan fingerprint density at radius 2 is 2.12 bits per heavy atom. The average molecular weight is 219 g/mol. The zero-order valence-electron chi connectivity index (χ0n) is 10.2. The molecule has 1 aliphatic heterocycles. The number of nitrogens with zero attached hydrogens (tertiary/aromatic N) is 1. The van der Waals surface area contributed by atoms with Gasteiger partial charge in [-0.2, -0.15) is 0 Å². The second kappa shape index (κ2) is 4.88. The Hall–Kier alpha value is -1.02. The molecule has 0 saturated carbocycles. The first-order chi connectivity index (χ1) is 7.72. The first-order valence-corrected chi connectivity index (χ1v) is 6.23. The van der Waals surface area contributed by atoms with E-state index < -0.39 is 0 Å². The molecule has 2 rings (SSSR count). The van der Waals surface area contributed by atoms with Gasteiger partial charge in [0.05, 0.1) is 6.10 Å². The van der Waals surface area contributed by atoms with Crippen molar-refractivity contribution in [3.8, 4) is 0 Å². The van der Waals surface area contributed by atoms with Crippen LogP contribution in [0.15, 0.2) is 24.3 Å². The number of rotatable bonds is 4. The third kappa shape index (κ3) is 2.22. The molecule has 0 bridgehead atoms. The van der Waals surface area contributed by atoms with E-state index >= 15 is 0 Å². The molecule has 88 valence electrons. The number of β-amino-alcohol motifs (C(OH)–C–C–N with tert-alkyl or cyclic N) is 1. The maximum absolute atomic E-state index is 10.1. The van der Waals surface area contributed by atoms with Crippen molar-refractivity contribution in [3.05, 3.63) is 29.8 Å². The fourth-order valence-electron chi connectivity index (χ4n) is 2.27. The summed E-state index contributed by atoms with van der Waals surface area (Å²) in [6.07, 6.45) is 1.94. The summed E-state index contributed by atoms with van der Waals surface area (Å²) in [5.41, 5.74) is 2.73. The Bertz CT molecular complexity index is 350. The standard InChI is InChI=1S/C14H21NO/c1-3-11(2)14(16)10-15-9-8-12-6-4-5-7-13(12)15/h4-7,11,14,16H,3,8-10H2,1-2H3. The van der Waals surface area contributed by atoms with Crippen LogP contribution in [0.1, 0.15) is 25.8 Å². The molecule has 0 aromatic heterocycles. The molecular formula is C14H21NO. The minimum atomic E-state index is -0.212. The van der Waals surface area contributed by atoms with Gasteiger partial charge in [0.1, 0.15) is 0 Å². The molecule has 0 aliphatic carbocycles. The summed E-state index contributed by atoms with van der Waals surface area (Å²) >= 11 is 0. The molecule has 2 heteroatoms. The molecule has 16 heavy (non-hydrogen) atoms. The van der Waals surface area contributed by atoms with Gasteiger partial charge in [0.15, 0.2) is 0 Å². The molecule has 1 aliphatic rings. The van der Waals surface area contributed by atoms with Crippen LogP contribution in [0.3, 0.4) is 0 Å². The molecule has 2 nitrogen and oxygen atoms in total. The first kappa shape index (κ1) is 11.5. The highest BCUT2D eigenvalue weighted by molar-refractivity contribution is 5.57. The van der Waals surface area contributed by atoms with Gasteiger partial charge in [-0.25, -0.2) is 0 Å². The van der Waals surface area contributed by atoms with Gasteiger partial charge in [0, 0.05) is 18.8 Å². The molecule has 0 fully saturated rings. The van der Waals surface area contributed by atoms with E-state index in [4.69, 9.17) is 0 Å². The number of hydrogen-bond donors (Lipinski definition) is 1. The van der Waals surface area contributed by atoms with Crippen LogP contribution in [0.5, 0.6) is 0 Å². The fraction of sp³-hybridized carbons (Fsp3) is 0.571. The van der Waals surface area contributed by atoms with Crippen LogP contribution < -0.4 is 4.90 Å². The summed E-state index contributed by atoms with van der Waals surface area (Å²) in [6.45, 7) is 6.07. The third-order valence-electron chi connectivity index (χ3n) is 3.69. The Morgan fingerprint density at radius 1 is 1.38 bits per heavy atom. The molecule has 0 radical (unpaired) electrons. The van der Waals surface area contributed by atoms with Crippen molar-refractivity contribution in [1.82, 2.24) is 0 Å². The van der Waals surface area contributed by atoms with Crippen LogP contribution >= 0.6 is 0 Å². The molecule has 1 N–H and O–H groups in total. The van der Waals surface area contributed by atoms with Crippen molar-refractivity contribution in [2.24, 2.45) is 5.92 Å². The summed E-state index contributed by atoms with van der Waals surface area (Å²) in [5, 5.41) is 10.1. The van der Waals surface area contributed by atoms with E-state index in [9.17, 15) is 5.11 Å². The molecule has 0 spiro atoms. The molecule has 1 aromatic rings. The molecule has 0 amide bonds. The SMILES string of the molecule is CCC(C)C(O)CN1CCc2ccccc21. The fourth-order valence-corrected chi connectivity index (χ4v) is 2.27. The lowest BCUT2D eigenvalue weighted by molar-refractivity contribution is 0.120. The van der Waals surface area contributed by atoms with E-state index in [1.165, 1.54) is 11.3 Å². The molecule has 0 saturated heterocycles. The maximum atomic E-state index is 10.1. The lowest BCUT2D eigenvalue weighted by atomic mass is 10.0. The minimum absolute atomic E-state index is 0.212. The molecule has 1 heterocycles. The van der Waals surface area contributed by atoms with Crippen LogP contribution in [0, 0.1) is 5.92 Å². The second-order valence-corrected chi connectivity index (χ2v) is 4.78. The van der Waals surface area contributed by atoms with Crippen LogP contribution in [0.25, 0.3) is 0 Å². The van der Waals surface area contributed by atoms with Crippen molar-refractivity contribution in [3.63, 3.8) is 0 Å². The number of anilines is 1. The lowest BCUT2D eigenvalue weighted by Gasteiger charge is -2.26. The number of aliphatic hydroxyl groups is 1. The number of aliphatic hydroxyl groups excluding tert-OH is 1. The third-order valence-corrected chi connectivity index (χ3v) is 3.69. The first-order valence-electron chi connectivity index (χ1n) is 6.23. The maximum Gasteiger partial charge on any atom is 0.0740 e. The summed E-state index contributed by atoms with van der Waals surface area (Å²) in [5.74, 6) is 0.382. The quantitative estimate of drug-likeness (QED) is 0.841. The normalized spacial score (nSPS) is 18.3. The molecule has 2 unspecified atom stereocenters. The highest BCUT2D eigenvalue weighted by Crippen LogP contribution is 2.28. The topological polar surface area (TPSA) is 23.5 Å². The van der Waals surface area contributed by atoms with Gasteiger partial charge >= 0.3 is 0 Å². The summed E-state index contributed by atoms with van der Waals surface area (Å²) in [4.78, 5) is 2.31. The van der Waals surface area contributed by atoms with Gasteiger partial charge in [0.2, 0.25) is 0 Å².